The van der Waals surface area contributed by atoms with Gasteiger partial charge in [0, 0.05) is 11.1 Å². The van der Waals surface area contributed by atoms with Crippen LogP contribution in [-0.4, -0.2) is 10.5 Å². The normalized spacial score (nSPS) is 11.0. The van der Waals surface area contributed by atoms with Gasteiger partial charge in [-0.05, 0) is 35.6 Å². The monoisotopic (exact) mass is 299 g/mol. The first-order valence-electron chi connectivity index (χ1n) is 6.89. The number of hydrogen-bond donors (Lipinski definition) is 2. The fourth-order valence-electron chi connectivity index (χ4n) is 2.58. The average Bonchev–Trinajstić information content (AvgIpc) is 3.14. The maximum atomic E-state index is 11.5. The van der Waals surface area contributed by atoms with Crippen molar-refractivity contribution in [1.29, 1.82) is 0 Å². The molecule has 3 aromatic rings. The van der Waals surface area contributed by atoms with E-state index in [1.165, 1.54) is 27.8 Å². The second-order valence-electron chi connectivity index (χ2n) is 4.89. The summed E-state index contributed by atoms with van der Waals surface area (Å²) < 4.78 is 2.24. The molecule has 0 atom stereocenters. The van der Waals surface area contributed by atoms with Gasteiger partial charge >= 0.3 is 0 Å². The number of amides is 1. The van der Waals surface area contributed by atoms with Gasteiger partial charge in [-0.2, -0.15) is 0 Å². The molecule has 1 aromatic carbocycles. The van der Waals surface area contributed by atoms with Crippen molar-refractivity contribution in [2.24, 2.45) is 5.84 Å². The minimum Gasteiger partial charge on any atom is -0.342 e. The number of fused-ring (bicyclic) bond motifs is 1. The van der Waals surface area contributed by atoms with E-state index in [0.717, 1.165) is 17.8 Å². The van der Waals surface area contributed by atoms with Crippen LogP contribution >= 0.6 is 11.3 Å². The molecule has 1 amide bonds. The lowest BCUT2D eigenvalue weighted by Crippen LogP contribution is -2.29. The van der Waals surface area contributed by atoms with Crippen LogP contribution in [0.1, 0.15) is 27.0 Å². The third-order valence-corrected chi connectivity index (χ3v) is 4.66. The summed E-state index contributed by atoms with van der Waals surface area (Å²) in [5.74, 6) is 4.93. The zero-order chi connectivity index (χ0) is 14.8. The number of thiophene rings is 1. The van der Waals surface area contributed by atoms with Crippen LogP contribution < -0.4 is 11.3 Å². The molecule has 0 aliphatic carbocycles. The minimum absolute atomic E-state index is 0.238. The molecule has 0 saturated carbocycles. The van der Waals surface area contributed by atoms with Crippen molar-refractivity contribution in [3.05, 3.63) is 57.9 Å². The van der Waals surface area contributed by atoms with E-state index in [1.807, 2.05) is 12.1 Å². The van der Waals surface area contributed by atoms with Gasteiger partial charge in [0.2, 0.25) is 0 Å². The van der Waals surface area contributed by atoms with E-state index in [4.69, 9.17) is 5.84 Å². The number of para-hydroxylation sites is 1. The topological polar surface area (TPSA) is 60.0 Å². The number of carbonyl (C=O) groups is 1. The quantitative estimate of drug-likeness (QED) is 0.442. The Morgan fingerprint density at radius 3 is 2.90 bits per heavy atom. The Bertz CT molecular complexity index is 788. The van der Waals surface area contributed by atoms with Gasteiger partial charge in [0.1, 0.15) is 0 Å². The van der Waals surface area contributed by atoms with Crippen LogP contribution in [0.2, 0.25) is 0 Å². The number of benzene rings is 1. The molecule has 3 rings (SSSR count). The van der Waals surface area contributed by atoms with Crippen LogP contribution in [-0.2, 0) is 13.0 Å². The molecule has 2 aromatic heterocycles. The second-order valence-corrected chi connectivity index (χ2v) is 6.06. The standard InChI is InChI=1S/C16H17N3OS/c1-2-11-4-3-5-12-8-9-19(15(11)12)10-13-6-7-14(21-13)16(20)18-17/h3-9H,2,10,17H2,1H3,(H,18,20). The number of aryl methyl sites for hydroxylation is 1. The number of rotatable bonds is 4. The molecule has 21 heavy (non-hydrogen) atoms. The molecule has 108 valence electrons. The van der Waals surface area contributed by atoms with Gasteiger partial charge in [-0.1, -0.05) is 25.1 Å². The average molecular weight is 299 g/mol. The molecule has 0 spiro atoms. The van der Waals surface area contributed by atoms with Gasteiger partial charge < -0.3 is 4.57 Å². The molecule has 0 radical (unpaired) electrons. The van der Waals surface area contributed by atoms with E-state index in [2.05, 4.69) is 47.4 Å². The summed E-state index contributed by atoms with van der Waals surface area (Å²) in [6.45, 7) is 2.93. The van der Waals surface area contributed by atoms with Crippen molar-refractivity contribution >= 4 is 28.1 Å². The van der Waals surface area contributed by atoms with Gasteiger partial charge in [-0.15, -0.1) is 11.3 Å². The van der Waals surface area contributed by atoms with Crippen LogP contribution in [0.5, 0.6) is 0 Å². The highest BCUT2D eigenvalue weighted by Crippen LogP contribution is 2.24. The van der Waals surface area contributed by atoms with Crippen molar-refractivity contribution in [3.63, 3.8) is 0 Å². The van der Waals surface area contributed by atoms with Gasteiger partial charge in [0.05, 0.1) is 16.9 Å². The van der Waals surface area contributed by atoms with Crippen molar-refractivity contribution in [1.82, 2.24) is 9.99 Å². The van der Waals surface area contributed by atoms with Crippen LogP contribution in [0, 0.1) is 0 Å². The summed E-state index contributed by atoms with van der Waals surface area (Å²) in [4.78, 5) is 13.3. The summed E-state index contributed by atoms with van der Waals surface area (Å²) in [5, 5.41) is 1.26. The Kier molecular flexibility index (Phi) is 3.77. The summed E-state index contributed by atoms with van der Waals surface area (Å²) in [6.07, 6.45) is 3.11. The van der Waals surface area contributed by atoms with Crippen molar-refractivity contribution < 1.29 is 4.79 Å². The summed E-state index contributed by atoms with van der Waals surface area (Å²) in [5.41, 5.74) is 4.78. The van der Waals surface area contributed by atoms with Crippen LogP contribution in [0.3, 0.4) is 0 Å². The number of hydrazine groups is 1. The highest BCUT2D eigenvalue weighted by atomic mass is 32.1. The molecular weight excluding hydrogens is 282 g/mol. The molecule has 0 saturated heterocycles. The third-order valence-electron chi connectivity index (χ3n) is 3.60. The molecule has 0 aliphatic rings. The van der Waals surface area contributed by atoms with Crippen LogP contribution in [0.15, 0.2) is 42.6 Å². The maximum absolute atomic E-state index is 11.5. The maximum Gasteiger partial charge on any atom is 0.275 e. The molecule has 4 nitrogen and oxygen atoms in total. The number of nitrogens with zero attached hydrogens (tertiary/aromatic N) is 1. The lowest BCUT2D eigenvalue weighted by Gasteiger charge is -2.07. The molecule has 0 aliphatic heterocycles. The Morgan fingerprint density at radius 2 is 2.14 bits per heavy atom. The van der Waals surface area contributed by atoms with E-state index < -0.39 is 0 Å². The zero-order valence-corrected chi connectivity index (χ0v) is 12.6. The van der Waals surface area contributed by atoms with Gasteiger partial charge in [-0.3, -0.25) is 10.2 Å². The van der Waals surface area contributed by atoms with E-state index in [9.17, 15) is 4.79 Å². The minimum atomic E-state index is -0.238. The Labute approximate surface area is 127 Å². The lowest BCUT2D eigenvalue weighted by atomic mass is 10.1. The smallest absolute Gasteiger partial charge is 0.275 e. The largest absolute Gasteiger partial charge is 0.342 e. The van der Waals surface area contributed by atoms with Gasteiger partial charge in [0.15, 0.2) is 0 Å². The summed E-state index contributed by atoms with van der Waals surface area (Å²) >= 11 is 1.47. The van der Waals surface area contributed by atoms with Crippen LogP contribution in [0.25, 0.3) is 10.9 Å². The second kappa shape index (κ2) is 5.71. The van der Waals surface area contributed by atoms with E-state index in [0.29, 0.717) is 4.88 Å². The Balaban J connectivity index is 1.95. The van der Waals surface area contributed by atoms with Crippen molar-refractivity contribution in [3.8, 4) is 0 Å². The SMILES string of the molecule is CCc1cccc2ccn(Cc3ccc(C(=O)NN)s3)c12. The number of nitrogens with two attached hydrogens (primary N) is 1. The first kappa shape index (κ1) is 13.9. The van der Waals surface area contributed by atoms with E-state index in [-0.39, 0.29) is 5.91 Å². The predicted octanol–water partition coefficient (Wildman–Crippen LogP) is 2.92. The lowest BCUT2D eigenvalue weighted by molar-refractivity contribution is 0.0957. The number of aromatic nitrogens is 1. The molecule has 0 fully saturated rings. The molecule has 2 heterocycles. The predicted molar refractivity (Wildman–Crippen MR) is 86.4 cm³/mol. The van der Waals surface area contributed by atoms with Crippen LogP contribution in [0.4, 0.5) is 0 Å². The van der Waals surface area contributed by atoms with Gasteiger partial charge in [0.25, 0.3) is 5.91 Å². The van der Waals surface area contributed by atoms with Gasteiger partial charge in [-0.25, -0.2) is 5.84 Å². The number of nitrogens with one attached hydrogen (secondary N) is 1. The fourth-order valence-corrected chi connectivity index (χ4v) is 3.49. The summed E-state index contributed by atoms with van der Waals surface area (Å²) in [7, 11) is 0. The summed E-state index contributed by atoms with van der Waals surface area (Å²) in [6, 6.07) is 12.3. The molecular formula is C16H17N3OS. The van der Waals surface area contributed by atoms with E-state index in [1.54, 1.807) is 0 Å². The highest BCUT2D eigenvalue weighted by Gasteiger charge is 2.10. The molecule has 5 heteroatoms. The van der Waals surface area contributed by atoms with E-state index >= 15 is 0 Å². The molecule has 0 bridgehead atoms. The third kappa shape index (κ3) is 2.57. The first-order chi connectivity index (χ1) is 10.2. The molecule has 0 unspecified atom stereocenters. The Morgan fingerprint density at radius 1 is 1.29 bits per heavy atom. The van der Waals surface area contributed by atoms with Crippen molar-refractivity contribution in [2.75, 3.05) is 0 Å². The highest BCUT2D eigenvalue weighted by molar-refractivity contribution is 7.14. The Hall–Kier alpha value is -2.11. The number of nitrogen functional groups attached to an aromatic ring is 1. The number of hydrogen-bond acceptors (Lipinski definition) is 3. The van der Waals surface area contributed by atoms with Crippen molar-refractivity contribution in [2.45, 2.75) is 19.9 Å². The zero-order valence-electron chi connectivity index (χ0n) is 11.8. The first-order valence-corrected chi connectivity index (χ1v) is 7.71. The fraction of sp³-hybridized carbons (Fsp3) is 0.188. The number of carbonyl (C=O) groups excluding carboxylic acids is 1. The molecule has 3 N–H and O–H groups in total.